The summed E-state index contributed by atoms with van der Waals surface area (Å²) in [4.78, 5) is 21.7. The maximum Gasteiger partial charge on any atom is 0.225 e. The van der Waals surface area contributed by atoms with Gasteiger partial charge in [0.05, 0.1) is 31.9 Å². The van der Waals surface area contributed by atoms with Gasteiger partial charge in [-0.1, -0.05) is 12.8 Å². The van der Waals surface area contributed by atoms with Gasteiger partial charge in [-0.05, 0) is 43.7 Å². The number of aromatic nitrogens is 1. The Morgan fingerprint density at radius 3 is 2.79 bits per heavy atom. The van der Waals surface area contributed by atoms with Crippen LogP contribution in [0.25, 0.3) is 0 Å². The summed E-state index contributed by atoms with van der Waals surface area (Å²) >= 11 is 0. The zero-order valence-electron chi connectivity index (χ0n) is 17.5. The Balaban J connectivity index is 1.44. The third kappa shape index (κ3) is 3.99. The van der Waals surface area contributed by atoms with Gasteiger partial charge >= 0.3 is 0 Å². The minimum absolute atomic E-state index is 0.0580. The van der Waals surface area contributed by atoms with Gasteiger partial charge in [-0.2, -0.15) is 0 Å². The molecule has 3 heterocycles. The van der Waals surface area contributed by atoms with Crippen molar-refractivity contribution < 1.29 is 14.3 Å². The lowest BCUT2D eigenvalue weighted by Gasteiger charge is -2.54. The van der Waals surface area contributed by atoms with Gasteiger partial charge < -0.3 is 14.4 Å². The van der Waals surface area contributed by atoms with E-state index in [4.69, 9.17) is 15.9 Å². The van der Waals surface area contributed by atoms with Crippen molar-refractivity contribution in [2.24, 2.45) is 5.92 Å². The van der Waals surface area contributed by atoms with Crippen molar-refractivity contribution in [1.29, 1.82) is 0 Å². The molecule has 1 atom stereocenters. The van der Waals surface area contributed by atoms with Gasteiger partial charge in [-0.15, -0.1) is 6.42 Å². The van der Waals surface area contributed by atoms with Gasteiger partial charge in [0.1, 0.15) is 11.4 Å². The molecular weight excluding hydrogens is 366 g/mol. The highest BCUT2D eigenvalue weighted by Gasteiger charge is 2.47. The van der Waals surface area contributed by atoms with E-state index in [1.54, 1.807) is 13.2 Å². The summed E-state index contributed by atoms with van der Waals surface area (Å²) in [7, 11) is 1.66. The second kappa shape index (κ2) is 8.33. The number of hydrogen-bond acceptors (Lipinski definition) is 5. The van der Waals surface area contributed by atoms with Gasteiger partial charge in [-0.25, -0.2) is 4.98 Å². The first-order valence-corrected chi connectivity index (χ1v) is 10.7. The number of carbonyl (C=O) groups is 1. The Morgan fingerprint density at radius 2 is 2.17 bits per heavy atom. The van der Waals surface area contributed by atoms with Gasteiger partial charge in [0.25, 0.3) is 0 Å². The number of methoxy groups -OCH3 is 1. The van der Waals surface area contributed by atoms with E-state index in [1.807, 2.05) is 11.0 Å². The average Bonchev–Trinajstić information content (AvgIpc) is 2.66. The molecule has 1 aromatic heterocycles. The van der Waals surface area contributed by atoms with Crippen molar-refractivity contribution in [3.05, 3.63) is 23.5 Å². The maximum atomic E-state index is 12.6. The van der Waals surface area contributed by atoms with Crippen LogP contribution >= 0.6 is 0 Å². The first-order chi connectivity index (χ1) is 14.1. The molecule has 4 rings (SSSR count). The Morgan fingerprint density at radius 1 is 1.38 bits per heavy atom. The highest BCUT2D eigenvalue weighted by molar-refractivity contribution is 5.77. The highest BCUT2D eigenvalue weighted by atomic mass is 16.5. The first-order valence-electron chi connectivity index (χ1n) is 10.7. The van der Waals surface area contributed by atoms with Crippen LogP contribution in [-0.4, -0.2) is 65.7 Å². The fraction of sp³-hybridized carbons (Fsp3) is 0.652. The van der Waals surface area contributed by atoms with Gasteiger partial charge in [-0.3, -0.25) is 9.69 Å². The SMILES string of the molecule is C#Cc1ccc(OC)c(CN2CC(CC(=O)N3CC(CC)C3)OCC23CCC3)n1. The fourth-order valence-electron chi connectivity index (χ4n) is 4.66. The van der Waals surface area contributed by atoms with Gasteiger partial charge in [0, 0.05) is 31.7 Å². The predicted molar refractivity (Wildman–Crippen MR) is 110 cm³/mol. The second-order valence-corrected chi connectivity index (χ2v) is 8.66. The summed E-state index contributed by atoms with van der Waals surface area (Å²) in [5.74, 6) is 4.25. The van der Waals surface area contributed by atoms with E-state index in [9.17, 15) is 4.79 Å². The van der Waals surface area contributed by atoms with E-state index < -0.39 is 0 Å². The molecule has 0 N–H and O–H groups in total. The van der Waals surface area contributed by atoms with E-state index >= 15 is 0 Å². The number of morpholine rings is 1. The molecule has 0 bridgehead atoms. The molecule has 1 aliphatic carbocycles. The van der Waals surface area contributed by atoms with Gasteiger partial charge in [0.15, 0.2) is 0 Å². The number of ether oxygens (including phenoxy) is 2. The monoisotopic (exact) mass is 397 g/mol. The minimum atomic E-state index is -0.0730. The lowest BCUT2D eigenvalue weighted by Crippen LogP contribution is -2.63. The van der Waals surface area contributed by atoms with Crippen LogP contribution in [0.1, 0.15) is 50.4 Å². The number of pyridine rings is 1. The van der Waals surface area contributed by atoms with Crippen molar-refractivity contribution in [1.82, 2.24) is 14.8 Å². The lowest BCUT2D eigenvalue weighted by atomic mass is 9.74. The number of carbonyl (C=O) groups excluding carboxylic acids is 1. The second-order valence-electron chi connectivity index (χ2n) is 8.66. The van der Waals surface area contributed by atoms with E-state index in [2.05, 4.69) is 22.7 Å². The van der Waals surface area contributed by atoms with E-state index in [0.29, 0.717) is 31.2 Å². The molecule has 6 heteroatoms. The van der Waals surface area contributed by atoms with Gasteiger partial charge in [0.2, 0.25) is 5.91 Å². The maximum absolute atomic E-state index is 12.6. The molecule has 1 amide bonds. The molecule has 2 saturated heterocycles. The van der Waals surface area contributed by atoms with E-state index in [1.165, 1.54) is 6.42 Å². The van der Waals surface area contributed by atoms with E-state index in [-0.39, 0.29) is 17.6 Å². The Kier molecular flexibility index (Phi) is 5.80. The molecule has 156 valence electrons. The summed E-state index contributed by atoms with van der Waals surface area (Å²) in [6.45, 7) is 6.06. The molecule has 1 saturated carbocycles. The molecule has 1 unspecified atom stereocenters. The predicted octanol–water partition coefficient (Wildman–Crippen LogP) is 2.45. The van der Waals surface area contributed by atoms with Crippen molar-refractivity contribution in [3.8, 4) is 18.1 Å². The average molecular weight is 398 g/mol. The van der Waals surface area contributed by atoms with Crippen LogP contribution in [0.15, 0.2) is 12.1 Å². The molecule has 1 spiro atoms. The molecule has 0 aromatic carbocycles. The Labute approximate surface area is 173 Å². The van der Waals surface area contributed by atoms with Crippen molar-refractivity contribution in [2.75, 3.05) is 33.4 Å². The zero-order valence-corrected chi connectivity index (χ0v) is 17.5. The number of hydrogen-bond donors (Lipinski definition) is 0. The quantitative estimate of drug-likeness (QED) is 0.690. The molecule has 6 nitrogen and oxygen atoms in total. The number of amides is 1. The van der Waals surface area contributed by atoms with E-state index in [0.717, 1.165) is 50.3 Å². The fourth-order valence-corrected chi connectivity index (χ4v) is 4.66. The third-order valence-corrected chi connectivity index (χ3v) is 6.90. The van der Waals surface area contributed by atoms with Crippen molar-refractivity contribution in [3.63, 3.8) is 0 Å². The largest absolute Gasteiger partial charge is 0.495 e. The third-order valence-electron chi connectivity index (χ3n) is 6.90. The van der Waals surface area contributed by atoms with Crippen LogP contribution in [0.3, 0.4) is 0 Å². The summed E-state index contributed by atoms with van der Waals surface area (Å²) in [5.41, 5.74) is 1.53. The molecule has 1 aromatic rings. The van der Waals surface area contributed by atoms with Crippen LogP contribution < -0.4 is 4.74 Å². The molecule has 2 aliphatic heterocycles. The summed E-state index contributed by atoms with van der Waals surface area (Å²) in [6, 6.07) is 3.69. The number of likely N-dealkylation sites (tertiary alicyclic amines) is 1. The summed E-state index contributed by atoms with van der Waals surface area (Å²) in [5, 5.41) is 0. The standard InChI is InChI=1S/C23H31N3O3/c1-4-17-12-25(13-17)22(27)11-19-14-26(23(16-29-19)9-6-10-23)15-20-21(28-3)8-7-18(5-2)24-20/h2,7-8,17,19H,4,6,9-16H2,1,3H3. The molecular formula is C23H31N3O3. The molecule has 3 fully saturated rings. The van der Waals surface area contributed by atoms with Crippen molar-refractivity contribution >= 4 is 5.91 Å². The highest BCUT2D eigenvalue weighted by Crippen LogP contribution is 2.42. The smallest absolute Gasteiger partial charge is 0.225 e. The minimum Gasteiger partial charge on any atom is -0.495 e. The Bertz CT molecular complexity index is 793. The lowest BCUT2D eigenvalue weighted by molar-refractivity contribution is -0.161. The summed E-state index contributed by atoms with van der Waals surface area (Å²) in [6.07, 6.45) is 10.5. The molecule has 0 radical (unpaired) electrons. The number of terminal acetylenes is 1. The van der Waals surface area contributed by atoms with Crippen molar-refractivity contribution in [2.45, 2.75) is 57.2 Å². The first kappa shape index (κ1) is 20.2. The topological polar surface area (TPSA) is 54.9 Å². The van der Waals surface area contributed by atoms with Crippen LogP contribution in [0, 0.1) is 18.3 Å². The normalized spacial score (nSPS) is 23.9. The molecule has 3 aliphatic rings. The number of nitrogens with zero attached hydrogens (tertiary/aromatic N) is 3. The molecule has 29 heavy (non-hydrogen) atoms. The van der Waals surface area contributed by atoms with Crippen LogP contribution in [0.5, 0.6) is 5.75 Å². The van der Waals surface area contributed by atoms with Crippen LogP contribution in [0.4, 0.5) is 0 Å². The Hall–Kier alpha value is -2.10. The van der Waals surface area contributed by atoms with Crippen LogP contribution in [-0.2, 0) is 16.1 Å². The zero-order chi connectivity index (χ0) is 20.4. The summed E-state index contributed by atoms with van der Waals surface area (Å²) < 4.78 is 11.7. The van der Waals surface area contributed by atoms with Crippen LogP contribution in [0.2, 0.25) is 0 Å². The number of rotatable bonds is 6.